The Morgan fingerprint density at radius 1 is 0.645 bits per heavy atom. The molecular weight excluding hydrogens is 371 g/mol. The molecule has 0 saturated heterocycles. The van der Waals surface area contributed by atoms with E-state index in [4.69, 9.17) is 0 Å². The lowest BCUT2D eigenvalue weighted by Gasteiger charge is -2.29. The SMILES string of the molecule is Bc1cc(CC)cc(CC)c1-c1cccc(-c2ccc(CC)cc2CC)c1C(C)(C)C. The van der Waals surface area contributed by atoms with Crippen LogP contribution in [0.2, 0.25) is 0 Å². The quantitative estimate of drug-likeness (QED) is 0.391. The molecular formula is C30H39B. The number of benzene rings is 3. The Labute approximate surface area is 191 Å². The first-order valence-corrected chi connectivity index (χ1v) is 12.1. The molecule has 0 heterocycles. The van der Waals surface area contributed by atoms with Crippen molar-refractivity contribution in [2.75, 3.05) is 0 Å². The summed E-state index contributed by atoms with van der Waals surface area (Å²) < 4.78 is 0. The van der Waals surface area contributed by atoms with Crippen LogP contribution in [0.5, 0.6) is 0 Å². The summed E-state index contributed by atoms with van der Waals surface area (Å²) in [7, 11) is 2.29. The lowest BCUT2D eigenvalue weighted by atomic mass is 9.73. The minimum atomic E-state index is 0.0429. The molecule has 31 heavy (non-hydrogen) atoms. The summed E-state index contributed by atoms with van der Waals surface area (Å²) >= 11 is 0. The molecule has 3 rings (SSSR count). The molecule has 0 amide bonds. The monoisotopic (exact) mass is 410 g/mol. The van der Waals surface area contributed by atoms with Crippen molar-refractivity contribution in [2.24, 2.45) is 0 Å². The van der Waals surface area contributed by atoms with Crippen LogP contribution in [0.15, 0.2) is 48.5 Å². The molecule has 0 atom stereocenters. The van der Waals surface area contributed by atoms with Crippen molar-refractivity contribution >= 4 is 13.3 Å². The van der Waals surface area contributed by atoms with E-state index < -0.39 is 0 Å². The molecule has 0 nitrogen and oxygen atoms in total. The topological polar surface area (TPSA) is 0 Å². The van der Waals surface area contributed by atoms with Gasteiger partial charge in [0.15, 0.2) is 0 Å². The largest absolute Gasteiger partial charge is 0.140 e. The van der Waals surface area contributed by atoms with Crippen molar-refractivity contribution in [2.45, 2.75) is 79.6 Å². The van der Waals surface area contributed by atoms with Crippen LogP contribution in [0.3, 0.4) is 0 Å². The Bertz CT molecular complexity index is 1070. The van der Waals surface area contributed by atoms with Crippen molar-refractivity contribution in [1.29, 1.82) is 0 Å². The molecule has 0 aliphatic carbocycles. The fraction of sp³-hybridized carbons (Fsp3) is 0.400. The molecule has 0 aliphatic rings. The van der Waals surface area contributed by atoms with Gasteiger partial charge in [-0.25, -0.2) is 0 Å². The highest BCUT2D eigenvalue weighted by Gasteiger charge is 2.25. The van der Waals surface area contributed by atoms with Crippen LogP contribution in [0.25, 0.3) is 22.3 Å². The maximum atomic E-state index is 2.43. The van der Waals surface area contributed by atoms with E-state index in [1.807, 2.05) is 0 Å². The number of hydrogen-bond acceptors (Lipinski definition) is 0. The van der Waals surface area contributed by atoms with Crippen molar-refractivity contribution in [3.8, 4) is 22.3 Å². The Morgan fingerprint density at radius 2 is 1.26 bits per heavy atom. The van der Waals surface area contributed by atoms with Crippen molar-refractivity contribution in [3.05, 3.63) is 76.3 Å². The summed E-state index contributed by atoms with van der Waals surface area (Å²) in [5.74, 6) is 0. The molecule has 3 aromatic rings. The lowest BCUT2D eigenvalue weighted by Crippen LogP contribution is -2.19. The second kappa shape index (κ2) is 9.47. The molecule has 162 valence electrons. The number of rotatable bonds is 6. The van der Waals surface area contributed by atoms with Crippen LogP contribution in [-0.2, 0) is 31.1 Å². The Balaban J connectivity index is 2.37. The molecule has 0 bridgehead atoms. The first-order valence-electron chi connectivity index (χ1n) is 12.1. The predicted octanol–water partition coefficient (Wildman–Crippen LogP) is 6.83. The van der Waals surface area contributed by atoms with Crippen LogP contribution < -0.4 is 5.46 Å². The minimum Gasteiger partial charge on any atom is -0.0807 e. The fourth-order valence-electron chi connectivity index (χ4n) is 5.02. The highest BCUT2D eigenvalue weighted by molar-refractivity contribution is 6.36. The summed E-state index contributed by atoms with van der Waals surface area (Å²) in [6.07, 6.45) is 4.29. The van der Waals surface area contributed by atoms with E-state index in [0.717, 1.165) is 25.7 Å². The fourth-order valence-corrected chi connectivity index (χ4v) is 5.02. The predicted molar refractivity (Wildman–Crippen MR) is 142 cm³/mol. The molecule has 3 aromatic carbocycles. The third-order valence-corrected chi connectivity index (χ3v) is 6.60. The van der Waals surface area contributed by atoms with Crippen LogP contribution >= 0.6 is 0 Å². The van der Waals surface area contributed by atoms with E-state index in [2.05, 4.69) is 105 Å². The van der Waals surface area contributed by atoms with Crippen LogP contribution in [-0.4, -0.2) is 7.85 Å². The first-order chi connectivity index (χ1) is 14.7. The van der Waals surface area contributed by atoms with Gasteiger partial charge in [-0.1, -0.05) is 102 Å². The second-order valence-corrected chi connectivity index (χ2v) is 9.83. The third-order valence-electron chi connectivity index (χ3n) is 6.60. The summed E-state index contributed by atoms with van der Waals surface area (Å²) in [5.41, 5.74) is 14.3. The van der Waals surface area contributed by atoms with Gasteiger partial charge in [-0.05, 0) is 81.2 Å². The van der Waals surface area contributed by atoms with Crippen LogP contribution in [0, 0.1) is 0 Å². The van der Waals surface area contributed by atoms with Crippen molar-refractivity contribution in [3.63, 3.8) is 0 Å². The molecule has 0 aromatic heterocycles. The van der Waals surface area contributed by atoms with Gasteiger partial charge in [-0.15, -0.1) is 0 Å². The van der Waals surface area contributed by atoms with E-state index in [0.29, 0.717) is 0 Å². The van der Waals surface area contributed by atoms with E-state index in [-0.39, 0.29) is 5.41 Å². The van der Waals surface area contributed by atoms with Gasteiger partial charge in [-0.2, -0.15) is 0 Å². The summed E-state index contributed by atoms with van der Waals surface area (Å²) in [6, 6.07) is 18.9. The van der Waals surface area contributed by atoms with Crippen molar-refractivity contribution in [1.82, 2.24) is 0 Å². The zero-order chi connectivity index (χ0) is 22.8. The van der Waals surface area contributed by atoms with E-state index in [1.54, 1.807) is 0 Å². The number of aryl methyl sites for hydroxylation is 4. The summed E-state index contributed by atoms with van der Waals surface area (Å²) in [5, 5.41) is 0. The second-order valence-electron chi connectivity index (χ2n) is 9.83. The van der Waals surface area contributed by atoms with Gasteiger partial charge in [0.25, 0.3) is 0 Å². The maximum Gasteiger partial charge on any atom is 0.140 e. The summed E-state index contributed by atoms with van der Waals surface area (Å²) in [6.45, 7) is 16.2. The molecule has 0 N–H and O–H groups in total. The minimum absolute atomic E-state index is 0.0429. The zero-order valence-electron chi connectivity index (χ0n) is 20.9. The van der Waals surface area contributed by atoms with Crippen molar-refractivity contribution < 1.29 is 0 Å². The van der Waals surface area contributed by atoms with Gasteiger partial charge in [0, 0.05) is 0 Å². The molecule has 0 spiro atoms. The van der Waals surface area contributed by atoms with Crippen LogP contribution in [0.1, 0.15) is 76.3 Å². The van der Waals surface area contributed by atoms with Gasteiger partial charge < -0.3 is 0 Å². The van der Waals surface area contributed by atoms with Gasteiger partial charge in [0.2, 0.25) is 0 Å². The highest BCUT2D eigenvalue weighted by atomic mass is 14.3. The molecule has 1 heteroatoms. The first kappa shape index (κ1) is 23.4. The zero-order valence-corrected chi connectivity index (χ0v) is 20.9. The Morgan fingerprint density at radius 3 is 1.84 bits per heavy atom. The molecule has 0 radical (unpaired) electrons. The maximum absolute atomic E-state index is 2.43. The van der Waals surface area contributed by atoms with E-state index in [1.165, 1.54) is 55.5 Å². The molecule has 0 unspecified atom stereocenters. The highest BCUT2D eigenvalue weighted by Crippen LogP contribution is 2.42. The van der Waals surface area contributed by atoms with Gasteiger partial charge in [0.1, 0.15) is 7.85 Å². The standard InChI is InChI=1S/C30H39B/c1-8-20-15-16-24(22(10-3)17-20)25-13-12-14-26(29(25)30(5,6)7)28-23(11-4)18-21(9-2)19-27(28)31/h12-19H,8-11,31H2,1-7H3. The van der Waals surface area contributed by atoms with Gasteiger partial charge in [-0.3, -0.25) is 0 Å². The Hall–Kier alpha value is -2.28. The lowest BCUT2D eigenvalue weighted by molar-refractivity contribution is 0.593. The summed E-state index contributed by atoms with van der Waals surface area (Å²) in [4.78, 5) is 0. The number of hydrogen-bond donors (Lipinski definition) is 0. The van der Waals surface area contributed by atoms with Gasteiger partial charge >= 0.3 is 0 Å². The van der Waals surface area contributed by atoms with E-state index in [9.17, 15) is 0 Å². The van der Waals surface area contributed by atoms with Crippen LogP contribution in [0.4, 0.5) is 0 Å². The smallest absolute Gasteiger partial charge is 0.0807 e. The average Bonchev–Trinajstić information content (AvgIpc) is 2.76. The average molecular weight is 410 g/mol. The molecule has 0 fully saturated rings. The Kier molecular flexibility index (Phi) is 7.15. The molecule has 0 saturated carbocycles. The third kappa shape index (κ3) is 4.66. The normalized spacial score (nSPS) is 11.7. The van der Waals surface area contributed by atoms with E-state index >= 15 is 0 Å². The molecule has 0 aliphatic heterocycles. The van der Waals surface area contributed by atoms with Gasteiger partial charge in [0.05, 0.1) is 0 Å².